The molecule has 140 valence electrons. The topological polar surface area (TPSA) is 68.0 Å². The molecule has 0 spiro atoms. The Bertz CT molecular complexity index is 932. The van der Waals surface area contributed by atoms with E-state index < -0.39 is 11.6 Å². The molecule has 0 radical (unpaired) electrons. The van der Waals surface area contributed by atoms with E-state index in [4.69, 9.17) is 16.0 Å². The van der Waals surface area contributed by atoms with Gasteiger partial charge in [-0.15, -0.1) is 10.2 Å². The van der Waals surface area contributed by atoms with Crippen LogP contribution in [0.15, 0.2) is 52.1 Å². The second-order valence-corrected chi connectivity index (χ2v) is 6.78. The number of hydrogen-bond donors (Lipinski definition) is 1. The van der Waals surface area contributed by atoms with Gasteiger partial charge in [0, 0.05) is 12.1 Å². The number of carbonyl (C=O) groups excluding carboxylic acids is 1. The molecule has 5 nitrogen and oxygen atoms in total. The summed E-state index contributed by atoms with van der Waals surface area (Å²) >= 11 is 7.13. The summed E-state index contributed by atoms with van der Waals surface area (Å²) in [6, 6.07) is 10.7. The number of thioether (sulfide) groups is 1. The summed E-state index contributed by atoms with van der Waals surface area (Å²) in [5.74, 6) is -1.27. The maximum absolute atomic E-state index is 13.5. The maximum atomic E-state index is 13.5. The lowest BCUT2D eigenvalue weighted by molar-refractivity contribution is -0.118. The molecule has 1 amide bonds. The lowest BCUT2D eigenvalue weighted by Gasteiger charge is -2.06. The monoisotopic (exact) mass is 409 g/mol. The Morgan fingerprint density at radius 2 is 1.85 bits per heavy atom. The van der Waals surface area contributed by atoms with Crippen molar-refractivity contribution in [2.75, 3.05) is 12.3 Å². The second kappa shape index (κ2) is 8.96. The Balaban J connectivity index is 1.48. The Kier molecular flexibility index (Phi) is 6.41. The summed E-state index contributed by atoms with van der Waals surface area (Å²) in [5.41, 5.74) is 0.557. The first-order valence-electron chi connectivity index (χ1n) is 7.95. The highest BCUT2D eigenvalue weighted by Gasteiger charge is 2.13. The van der Waals surface area contributed by atoms with E-state index in [9.17, 15) is 13.6 Å². The molecule has 0 aliphatic rings. The van der Waals surface area contributed by atoms with Crippen LogP contribution in [0.5, 0.6) is 0 Å². The van der Waals surface area contributed by atoms with Gasteiger partial charge in [0.1, 0.15) is 11.6 Å². The Morgan fingerprint density at radius 3 is 2.59 bits per heavy atom. The van der Waals surface area contributed by atoms with Gasteiger partial charge < -0.3 is 9.73 Å². The highest BCUT2D eigenvalue weighted by molar-refractivity contribution is 7.99. The average Bonchev–Trinajstić information content (AvgIpc) is 3.11. The summed E-state index contributed by atoms with van der Waals surface area (Å²) in [4.78, 5) is 11.9. The highest BCUT2D eigenvalue weighted by atomic mass is 35.5. The van der Waals surface area contributed by atoms with Crippen LogP contribution in [-0.4, -0.2) is 28.4 Å². The van der Waals surface area contributed by atoms with Crippen LogP contribution in [0.1, 0.15) is 5.56 Å². The van der Waals surface area contributed by atoms with Crippen molar-refractivity contribution in [3.63, 3.8) is 0 Å². The molecule has 0 aliphatic carbocycles. The summed E-state index contributed by atoms with van der Waals surface area (Å²) in [7, 11) is 0. The van der Waals surface area contributed by atoms with Gasteiger partial charge >= 0.3 is 0 Å². The minimum absolute atomic E-state index is 0.0317. The first kappa shape index (κ1) is 19.3. The van der Waals surface area contributed by atoms with Crippen LogP contribution in [0.25, 0.3) is 11.5 Å². The fraction of sp³-hybridized carbons (Fsp3) is 0.167. The van der Waals surface area contributed by atoms with Gasteiger partial charge in [0.25, 0.3) is 5.22 Å². The van der Waals surface area contributed by atoms with Crippen LogP contribution >= 0.6 is 23.4 Å². The molecule has 3 rings (SSSR count). The van der Waals surface area contributed by atoms with Gasteiger partial charge in [-0.1, -0.05) is 41.6 Å². The van der Waals surface area contributed by atoms with Crippen molar-refractivity contribution >= 4 is 29.3 Å². The molecule has 0 saturated heterocycles. The van der Waals surface area contributed by atoms with Crippen molar-refractivity contribution in [3.8, 4) is 11.5 Å². The van der Waals surface area contributed by atoms with Gasteiger partial charge in [-0.2, -0.15) is 0 Å². The largest absolute Gasteiger partial charge is 0.411 e. The number of nitrogens with zero attached hydrogens (tertiary/aromatic N) is 2. The first-order valence-corrected chi connectivity index (χ1v) is 9.31. The van der Waals surface area contributed by atoms with Crippen molar-refractivity contribution in [1.82, 2.24) is 15.5 Å². The SMILES string of the molecule is O=C(CSc1nnc(-c2ccccc2Cl)o1)NCCc1c(F)cccc1F. The van der Waals surface area contributed by atoms with E-state index in [0.717, 1.165) is 11.8 Å². The summed E-state index contributed by atoms with van der Waals surface area (Å²) in [6.45, 7) is 0.117. The van der Waals surface area contributed by atoms with Crippen LogP contribution in [0.2, 0.25) is 5.02 Å². The molecule has 3 aromatic rings. The molecule has 1 aromatic heterocycles. The number of carbonyl (C=O) groups is 1. The first-order chi connectivity index (χ1) is 13.0. The predicted octanol–water partition coefficient (Wildman–Crippen LogP) is 4.12. The molecule has 0 unspecified atom stereocenters. The number of benzene rings is 2. The second-order valence-electron chi connectivity index (χ2n) is 5.44. The van der Waals surface area contributed by atoms with Crippen LogP contribution in [0.4, 0.5) is 8.78 Å². The lowest BCUT2D eigenvalue weighted by atomic mass is 10.1. The fourth-order valence-electron chi connectivity index (χ4n) is 2.29. The molecule has 2 aromatic carbocycles. The molecule has 0 saturated carbocycles. The Labute approximate surface area is 163 Å². The van der Waals surface area contributed by atoms with Crippen molar-refractivity contribution < 1.29 is 18.0 Å². The normalized spacial score (nSPS) is 10.8. The molecular formula is C18H14ClF2N3O2S. The van der Waals surface area contributed by atoms with Crippen LogP contribution in [-0.2, 0) is 11.2 Å². The van der Waals surface area contributed by atoms with Crippen molar-refractivity contribution in [1.29, 1.82) is 0 Å². The van der Waals surface area contributed by atoms with Crippen LogP contribution in [0, 0.1) is 11.6 Å². The number of aromatic nitrogens is 2. The van der Waals surface area contributed by atoms with Crippen molar-refractivity contribution in [2.24, 2.45) is 0 Å². The van der Waals surface area contributed by atoms with Gasteiger partial charge in [-0.3, -0.25) is 4.79 Å². The molecule has 0 fully saturated rings. The molecular weight excluding hydrogens is 396 g/mol. The van der Waals surface area contributed by atoms with E-state index in [1.165, 1.54) is 18.2 Å². The zero-order valence-corrected chi connectivity index (χ0v) is 15.5. The van der Waals surface area contributed by atoms with Crippen LogP contribution < -0.4 is 5.32 Å². The van der Waals surface area contributed by atoms with E-state index in [-0.39, 0.29) is 41.3 Å². The lowest BCUT2D eigenvalue weighted by Crippen LogP contribution is -2.27. The summed E-state index contributed by atoms with van der Waals surface area (Å²) < 4.78 is 32.5. The van der Waals surface area contributed by atoms with Gasteiger partial charge in [0.05, 0.1) is 16.3 Å². The molecule has 0 aliphatic heterocycles. The van der Waals surface area contributed by atoms with Gasteiger partial charge in [0.15, 0.2) is 0 Å². The van der Waals surface area contributed by atoms with E-state index >= 15 is 0 Å². The molecule has 9 heteroatoms. The number of nitrogens with one attached hydrogen (secondary N) is 1. The Hall–Kier alpha value is -2.45. The van der Waals surface area contributed by atoms with E-state index in [2.05, 4.69) is 15.5 Å². The van der Waals surface area contributed by atoms with E-state index in [0.29, 0.717) is 10.6 Å². The van der Waals surface area contributed by atoms with Crippen molar-refractivity contribution in [3.05, 3.63) is 64.7 Å². The minimum Gasteiger partial charge on any atom is -0.411 e. The number of hydrogen-bond acceptors (Lipinski definition) is 5. The summed E-state index contributed by atoms with van der Waals surface area (Å²) in [5, 5.41) is 11.1. The maximum Gasteiger partial charge on any atom is 0.277 e. The number of amides is 1. The quantitative estimate of drug-likeness (QED) is 0.594. The average molecular weight is 410 g/mol. The molecule has 0 atom stereocenters. The zero-order valence-electron chi connectivity index (χ0n) is 13.9. The number of halogens is 3. The molecule has 27 heavy (non-hydrogen) atoms. The van der Waals surface area contributed by atoms with E-state index in [1.54, 1.807) is 24.3 Å². The summed E-state index contributed by atoms with van der Waals surface area (Å²) in [6.07, 6.45) is 0.0616. The third kappa shape index (κ3) is 5.05. The van der Waals surface area contributed by atoms with Gasteiger partial charge in [-0.05, 0) is 30.7 Å². The third-order valence-electron chi connectivity index (χ3n) is 3.60. The third-order valence-corrected chi connectivity index (χ3v) is 4.74. The van der Waals surface area contributed by atoms with Crippen molar-refractivity contribution in [2.45, 2.75) is 11.6 Å². The molecule has 1 N–H and O–H groups in total. The predicted molar refractivity (Wildman–Crippen MR) is 98.5 cm³/mol. The van der Waals surface area contributed by atoms with Gasteiger partial charge in [-0.25, -0.2) is 8.78 Å². The zero-order chi connectivity index (χ0) is 19.2. The molecule has 0 bridgehead atoms. The van der Waals surface area contributed by atoms with Gasteiger partial charge in [0.2, 0.25) is 11.8 Å². The Morgan fingerprint density at radius 1 is 1.11 bits per heavy atom. The fourth-order valence-corrected chi connectivity index (χ4v) is 3.10. The smallest absolute Gasteiger partial charge is 0.277 e. The standard InChI is InChI=1S/C18H14ClF2N3O2S/c19-13-5-2-1-4-11(13)17-23-24-18(26-17)27-10-16(25)22-9-8-12-14(20)6-3-7-15(12)21/h1-7H,8-10H2,(H,22,25). The van der Waals surface area contributed by atoms with Crippen LogP contribution in [0.3, 0.4) is 0 Å². The minimum atomic E-state index is -0.628. The molecule has 1 heterocycles. The van der Waals surface area contributed by atoms with E-state index in [1.807, 2.05) is 0 Å². The number of rotatable bonds is 7. The highest BCUT2D eigenvalue weighted by Crippen LogP contribution is 2.28.